The van der Waals surface area contributed by atoms with E-state index in [-0.39, 0.29) is 17.1 Å². The molecule has 0 aliphatic heterocycles. The van der Waals surface area contributed by atoms with Crippen LogP contribution in [-0.2, 0) is 0 Å². The summed E-state index contributed by atoms with van der Waals surface area (Å²) >= 11 is 5.94. The van der Waals surface area contributed by atoms with Crippen LogP contribution in [0.15, 0.2) is 12.1 Å². The molecule has 5 nitrogen and oxygen atoms in total. The fourth-order valence-electron chi connectivity index (χ4n) is 1.64. The van der Waals surface area contributed by atoms with Crippen LogP contribution in [0.5, 0.6) is 0 Å². The molecule has 1 N–H and O–H groups in total. The highest BCUT2D eigenvalue weighted by atomic mass is 35.5. The van der Waals surface area contributed by atoms with Crippen molar-refractivity contribution in [3.05, 3.63) is 22.8 Å². The lowest BCUT2D eigenvalue weighted by Gasteiger charge is -2.23. The Bertz CT molecular complexity index is 512. The lowest BCUT2D eigenvalue weighted by atomic mass is 10.1. The van der Waals surface area contributed by atoms with Gasteiger partial charge in [-0.2, -0.15) is 5.26 Å². The summed E-state index contributed by atoms with van der Waals surface area (Å²) in [5.74, 6) is 0.417. The Morgan fingerprint density at radius 1 is 1.60 bits per heavy atom. The van der Waals surface area contributed by atoms with Crippen molar-refractivity contribution in [2.24, 2.45) is 0 Å². The normalized spacial score (nSPS) is 11.6. The van der Waals surface area contributed by atoms with E-state index in [2.05, 4.69) is 16.4 Å². The van der Waals surface area contributed by atoms with Gasteiger partial charge in [-0.15, -0.1) is 0 Å². The highest BCUT2D eigenvalue weighted by molar-refractivity contribution is 6.29. The number of pyridine rings is 1. The molecule has 0 aliphatic rings. The van der Waals surface area contributed by atoms with Crippen molar-refractivity contribution in [3.8, 4) is 6.07 Å². The van der Waals surface area contributed by atoms with Crippen LogP contribution in [0.3, 0.4) is 0 Å². The third-order valence-electron chi connectivity index (χ3n) is 2.97. The first kappa shape index (κ1) is 16.3. The van der Waals surface area contributed by atoms with E-state index in [9.17, 15) is 4.79 Å². The van der Waals surface area contributed by atoms with Gasteiger partial charge in [0.1, 0.15) is 11.0 Å². The zero-order valence-electron chi connectivity index (χ0n) is 12.0. The Kier molecular flexibility index (Phi) is 6.26. The SMILES string of the molecule is CCCNc1cc(C(=O)N(C)C(C)CC#N)cc(Cl)n1. The predicted octanol–water partition coefficient (Wildman–Crippen LogP) is 2.93. The lowest BCUT2D eigenvalue weighted by Crippen LogP contribution is -2.34. The van der Waals surface area contributed by atoms with E-state index in [0.717, 1.165) is 13.0 Å². The number of aromatic nitrogens is 1. The summed E-state index contributed by atoms with van der Waals surface area (Å²) in [4.78, 5) is 18.0. The molecular weight excluding hydrogens is 276 g/mol. The number of anilines is 1. The molecule has 108 valence electrons. The first-order valence-corrected chi connectivity index (χ1v) is 6.93. The lowest BCUT2D eigenvalue weighted by molar-refractivity contribution is 0.0746. The van der Waals surface area contributed by atoms with E-state index in [4.69, 9.17) is 16.9 Å². The average Bonchev–Trinajstić information content (AvgIpc) is 2.43. The number of nitriles is 1. The van der Waals surface area contributed by atoms with E-state index in [1.807, 2.05) is 13.8 Å². The van der Waals surface area contributed by atoms with E-state index >= 15 is 0 Å². The van der Waals surface area contributed by atoms with Gasteiger partial charge in [-0.05, 0) is 25.5 Å². The molecule has 1 amide bonds. The molecule has 20 heavy (non-hydrogen) atoms. The molecule has 0 fully saturated rings. The van der Waals surface area contributed by atoms with Crippen LogP contribution < -0.4 is 5.32 Å². The Labute approximate surface area is 124 Å². The van der Waals surface area contributed by atoms with Crippen molar-refractivity contribution in [3.63, 3.8) is 0 Å². The summed E-state index contributed by atoms with van der Waals surface area (Å²) in [7, 11) is 1.68. The molecule has 0 spiro atoms. The van der Waals surface area contributed by atoms with Crippen LogP contribution in [0, 0.1) is 11.3 Å². The number of hydrogen-bond acceptors (Lipinski definition) is 4. The molecule has 1 rings (SSSR count). The van der Waals surface area contributed by atoms with Crippen LogP contribution in [0.4, 0.5) is 5.82 Å². The summed E-state index contributed by atoms with van der Waals surface area (Å²) in [5.41, 5.74) is 0.468. The molecule has 0 saturated heterocycles. The largest absolute Gasteiger partial charge is 0.370 e. The highest BCUT2D eigenvalue weighted by Crippen LogP contribution is 2.17. The Hall–Kier alpha value is -1.80. The Balaban J connectivity index is 2.92. The second-order valence-corrected chi connectivity index (χ2v) is 5.01. The van der Waals surface area contributed by atoms with Crippen molar-refractivity contribution in [2.45, 2.75) is 32.7 Å². The molecule has 1 aromatic heterocycles. The van der Waals surface area contributed by atoms with Crippen molar-refractivity contribution < 1.29 is 4.79 Å². The standard InChI is InChI=1S/C14H19ClN4O/c1-4-7-17-13-9-11(8-12(15)18-13)14(20)19(3)10(2)5-6-16/h8-10H,4-5,7H2,1-3H3,(H,17,18). The zero-order valence-corrected chi connectivity index (χ0v) is 12.7. The van der Waals surface area contributed by atoms with Gasteiger partial charge >= 0.3 is 0 Å². The maximum absolute atomic E-state index is 12.3. The number of amides is 1. The van der Waals surface area contributed by atoms with Crippen LogP contribution in [-0.4, -0.2) is 35.4 Å². The van der Waals surface area contributed by atoms with Gasteiger partial charge in [-0.1, -0.05) is 18.5 Å². The minimum absolute atomic E-state index is 0.147. The number of carbonyl (C=O) groups excluding carboxylic acids is 1. The summed E-state index contributed by atoms with van der Waals surface area (Å²) in [6, 6.07) is 5.13. The number of rotatable bonds is 6. The van der Waals surface area contributed by atoms with E-state index < -0.39 is 0 Å². The van der Waals surface area contributed by atoms with Gasteiger partial charge < -0.3 is 10.2 Å². The monoisotopic (exact) mass is 294 g/mol. The van der Waals surface area contributed by atoms with Crippen LogP contribution >= 0.6 is 11.6 Å². The maximum Gasteiger partial charge on any atom is 0.254 e. The van der Waals surface area contributed by atoms with Gasteiger partial charge in [0.25, 0.3) is 5.91 Å². The number of carbonyl (C=O) groups is 1. The third-order valence-corrected chi connectivity index (χ3v) is 3.16. The van der Waals surface area contributed by atoms with Gasteiger partial charge in [-0.25, -0.2) is 4.98 Å². The number of halogens is 1. The first-order valence-electron chi connectivity index (χ1n) is 6.55. The van der Waals surface area contributed by atoms with Crippen LogP contribution in [0.25, 0.3) is 0 Å². The minimum Gasteiger partial charge on any atom is -0.370 e. The second-order valence-electron chi connectivity index (χ2n) is 4.62. The van der Waals surface area contributed by atoms with Crippen LogP contribution in [0.2, 0.25) is 5.15 Å². The predicted molar refractivity (Wildman–Crippen MR) is 79.8 cm³/mol. The average molecular weight is 295 g/mol. The van der Waals surface area contributed by atoms with Gasteiger partial charge in [-0.3, -0.25) is 4.79 Å². The van der Waals surface area contributed by atoms with Crippen molar-refractivity contribution in [2.75, 3.05) is 18.9 Å². The summed E-state index contributed by atoms with van der Waals surface area (Å²) in [6.07, 6.45) is 1.25. The molecule has 0 bridgehead atoms. The fraction of sp³-hybridized carbons (Fsp3) is 0.500. The molecule has 6 heteroatoms. The fourth-order valence-corrected chi connectivity index (χ4v) is 1.85. The maximum atomic E-state index is 12.3. The number of nitrogens with zero attached hydrogens (tertiary/aromatic N) is 3. The summed E-state index contributed by atoms with van der Waals surface area (Å²) < 4.78 is 0. The molecule has 0 aromatic carbocycles. The topological polar surface area (TPSA) is 69.0 Å². The molecule has 1 aromatic rings. The van der Waals surface area contributed by atoms with Gasteiger partial charge in [0.05, 0.1) is 12.5 Å². The Morgan fingerprint density at radius 3 is 2.90 bits per heavy atom. The van der Waals surface area contributed by atoms with Crippen LogP contribution in [0.1, 0.15) is 37.0 Å². The van der Waals surface area contributed by atoms with E-state index in [0.29, 0.717) is 17.8 Å². The van der Waals surface area contributed by atoms with Gasteiger partial charge in [0.15, 0.2) is 0 Å². The van der Waals surface area contributed by atoms with Gasteiger partial charge in [0, 0.05) is 25.2 Å². The number of nitrogens with one attached hydrogen (secondary N) is 1. The van der Waals surface area contributed by atoms with Gasteiger partial charge in [0.2, 0.25) is 0 Å². The molecule has 1 atom stereocenters. The molecule has 0 aliphatic carbocycles. The zero-order chi connectivity index (χ0) is 15.1. The first-order chi connectivity index (χ1) is 9.49. The molecule has 0 saturated carbocycles. The molecule has 0 radical (unpaired) electrons. The third kappa shape index (κ3) is 4.39. The summed E-state index contributed by atoms with van der Waals surface area (Å²) in [6.45, 7) is 4.64. The molecule has 1 heterocycles. The number of hydrogen-bond donors (Lipinski definition) is 1. The van der Waals surface area contributed by atoms with Crippen molar-refractivity contribution in [1.82, 2.24) is 9.88 Å². The highest BCUT2D eigenvalue weighted by Gasteiger charge is 2.18. The molecular formula is C14H19ClN4O. The smallest absolute Gasteiger partial charge is 0.254 e. The van der Waals surface area contributed by atoms with E-state index in [1.165, 1.54) is 6.07 Å². The quantitative estimate of drug-likeness (QED) is 0.819. The van der Waals surface area contributed by atoms with Crippen molar-refractivity contribution in [1.29, 1.82) is 5.26 Å². The minimum atomic E-state index is -0.170. The second kappa shape index (κ2) is 7.71. The van der Waals surface area contributed by atoms with Crippen molar-refractivity contribution >= 4 is 23.3 Å². The Morgan fingerprint density at radius 2 is 2.30 bits per heavy atom. The summed E-state index contributed by atoms with van der Waals surface area (Å²) in [5, 5.41) is 12.1. The molecule has 1 unspecified atom stereocenters. The van der Waals surface area contributed by atoms with E-state index in [1.54, 1.807) is 18.0 Å².